The molecule has 2 aromatic rings. The van der Waals surface area contributed by atoms with Gasteiger partial charge < -0.3 is 10.1 Å². The third kappa shape index (κ3) is 5.51. The number of benzene rings is 2. The molecular formula is C18H20Cl2N2O4S. The van der Waals surface area contributed by atoms with E-state index in [9.17, 15) is 13.2 Å². The van der Waals surface area contributed by atoms with Crippen molar-refractivity contribution >= 4 is 44.8 Å². The number of ether oxygens (including phenoxy) is 1. The van der Waals surface area contributed by atoms with Crippen molar-refractivity contribution in [3.8, 4) is 5.75 Å². The van der Waals surface area contributed by atoms with Gasteiger partial charge >= 0.3 is 0 Å². The predicted molar refractivity (Wildman–Crippen MR) is 108 cm³/mol. The predicted octanol–water partition coefficient (Wildman–Crippen LogP) is 3.65. The first-order chi connectivity index (χ1) is 12.6. The van der Waals surface area contributed by atoms with Gasteiger partial charge in [0.25, 0.3) is 0 Å². The largest absolute Gasteiger partial charge is 0.496 e. The van der Waals surface area contributed by atoms with Gasteiger partial charge in [0, 0.05) is 10.6 Å². The Morgan fingerprint density at radius 1 is 1.22 bits per heavy atom. The molecule has 1 amide bonds. The lowest BCUT2D eigenvalue weighted by Gasteiger charge is -2.24. The molecule has 0 aliphatic carbocycles. The van der Waals surface area contributed by atoms with Gasteiger partial charge in [0.2, 0.25) is 15.9 Å². The van der Waals surface area contributed by atoms with Crippen LogP contribution in [0.3, 0.4) is 0 Å². The van der Waals surface area contributed by atoms with E-state index in [1.165, 1.54) is 18.2 Å². The van der Waals surface area contributed by atoms with Crippen molar-refractivity contribution in [1.29, 1.82) is 0 Å². The van der Waals surface area contributed by atoms with Crippen LogP contribution in [0.15, 0.2) is 42.5 Å². The molecule has 0 saturated heterocycles. The monoisotopic (exact) mass is 430 g/mol. The van der Waals surface area contributed by atoms with E-state index in [2.05, 4.69) is 5.32 Å². The van der Waals surface area contributed by atoms with E-state index in [-0.39, 0.29) is 16.8 Å². The highest BCUT2D eigenvalue weighted by Crippen LogP contribution is 2.30. The molecule has 1 unspecified atom stereocenters. The molecule has 0 saturated carbocycles. The van der Waals surface area contributed by atoms with E-state index >= 15 is 0 Å². The molecule has 9 heteroatoms. The van der Waals surface area contributed by atoms with Crippen molar-refractivity contribution in [2.45, 2.75) is 13.0 Å². The molecule has 1 N–H and O–H groups in total. The minimum atomic E-state index is -3.74. The minimum absolute atomic E-state index is 0.138. The van der Waals surface area contributed by atoms with Crippen LogP contribution in [0.4, 0.5) is 5.69 Å². The van der Waals surface area contributed by atoms with Crippen LogP contribution in [0.1, 0.15) is 18.5 Å². The maximum absolute atomic E-state index is 12.5. The van der Waals surface area contributed by atoms with Gasteiger partial charge in [-0.25, -0.2) is 8.42 Å². The third-order valence-electron chi connectivity index (χ3n) is 3.85. The van der Waals surface area contributed by atoms with Crippen molar-refractivity contribution in [3.05, 3.63) is 58.1 Å². The van der Waals surface area contributed by atoms with E-state index in [1.807, 2.05) is 18.2 Å². The molecule has 146 valence electrons. The van der Waals surface area contributed by atoms with Crippen molar-refractivity contribution in [2.75, 3.05) is 24.2 Å². The van der Waals surface area contributed by atoms with Crippen molar-refractivity contribution in [1.82, 2.24) is 5.32 Å². The van der Waals surface area contributed by atoms with E-state index in [0.29, 0.717) is 10.8 Å². The molecule has 2 rings (SSSR count). The zero-order chi connectivity index (χ0) is 20.2. The number of sulfonamides is 1. The highest BCUT2D eigenvalue weighted by Gasteiger charge is 2.24. The first kappa shape index (κ1) is 21.3. The van der Waals surface area contributed by atoms with Gasteiger partial charge in [-0.15, -0.1) is 0 Å². The minimum Gasteiger partial charge on any atom is -0.496 e. The van der Waals surface area contributed by atoms with Crippen LogP contribution in [-0.4, -0.2) is 34.2 Å². The summed E-state index contributed by atoms with van der Waals surface area (Å²) in [5.74, 6) is 0.149. The Morgan fingerprint density at radius 2 is 1.89 bits per heavy atom. The molecule has 0 aromatic heterocycles. The molecule has 0 aliphatic heterocycles. The number of hydrogen-bond donors (Lipinski definition) is 1. The zero-order valence-corrected chi connectivity index (χ0v) is 17.4. The molecule has 0 heterocycles. The molecule has 0 bridgehead atoms. The summed E-state index contributed by atoms with van der Waals surface area (Å²) in [6.07, 6.45) is 1.01. The summed E-state index contributed by atoms with van der Waals surface area (Å²) in [6, 6.07) is 11.3. The fourth-order valence-corrected chi connectivity index (χ4v) is 4.01. The number of para-hydroxylation sites is 1. The number of carbonyl (C=O) groups is 1. The molecule has 27 heavy (non-hydrogen) atoms. The van der Waals surface area contributed by atoms with Crippen LogP contribution >= 0.6 is 23.2 Å². The number of rotatable bonds is 7. The fourth-order valence-electron chi connectivity index (χ4n) is 2.58. The van der Waals surface area contributed by atoms with Gasteiger partial charge in [0.05, 0.1) is 30.1 Å². The molecular weight excluding hydrogens is 411 g/mol. The summed E-state index contributed by atoms with van der Waals surface area (Å²) >= 11 is 12.0. The van der Waals surface area contributed by atoms with E-state index in [4.69, 9.17) is 27.9 Å². The number of methoxy groups -OCH3 is 1. The second-order valence-electron chi connectivity index (χ2n) is 5.90. The van der Waals surface area contributed by atoms with Crippen LogP contribution in [-0.2, 0) is 14.8 Å². The summed E-state index contributed by atoms with van der Waals surface area (Å²) in [7, 11) is -2.20. The van der Waals surface area contributed by atoms with Crippen LogP contribution in [0.25, 0.3) is 0 Å². The number of halogens is 2. The van der Waals surface area contributed by atoms with Crippen LogP contribution < -0.4 is 14.4 Å². The lowest BCUT2D eigenvalue weighted by atomic mass is 10.1. The molecule has 0 spiro atoms. The quantitative estimate of drug-likeness (QED) is 0.726. The standard InChI is InChI=1S/C18H20Cl2N2O4S/c1-12(14-6-4-5-7-17(14)26-2)21-18(23)11-22(27(3,24)25)16-9-8-13(19)10-15(16)20/h4-10,12H,11H2,1-3H3,(H,21,23). The van der Waals surface area contributed by atoms with E-state index in [0.717, 1.165) is 16.1 Å². The van der Waals surface area contributed by atoms with Gasteiger partial charge in [-0.2, -0.15) is 0 Å². The highest BCUT2D eigenvalue weighted by atomic mass is 35.5. The van der Waals surface area contributed by atoms with Gasteiger partial charge in [0.15, 0.2) is 0 Å². The van der Waals surface area contributed by atoms with Crippen LogP contribution in [0.5, 0.6) is 5.75 Å². The number of hydrogen-bond acceptors (Lipinski definition) is 4. The maximum Gasteiger partial charge on any atom is 0.241 e. The lowest BCUT2D eigenvalue weighted by Crippen LogP contribution is -2.41. The Morgan fingerprint density at radius 3 is 2.48 bits per heavy atom. The van der Waals surface area contributed by atoms with Crippen LogP contribution in [0.2, 0.25) is 10.0 Å². The second kappa shape index (κ2) is 8.82. The summed E-state index contributed by atoms with van der Waals surface area (Å²) in [6.45, 7) is 1.37. The first-order valence-electron chi connectivity index (χ1n) is 7.98. The number of carbonyl (C=O) groups excluding carboxylic acids is 1. The number of anilines is 1. The summed E-state index contributed by atoms with van der Waals surface area (Å²) in [5.41, 5.74) is 0.965. The zero-order valence-electron chi connectivity index (χ0n) is 15.1. The Kier molecular flexibility index (Phi) is 6.97. The van der Waals surface area contributed by atoms with E-state index < -0.39 is 22.5 Å². The van der Waals surface area contributed by atoms with Gasteiger partial charge in [-0.1, -0.05) is 41.4 Å². The van der Waals surface area contributed by atoms with E-state index in [1.54, 1.807) is 20.1 Å². The van der Waals surface area contributed by atoms with Crippen molar-refractivity contribution in [2.24, 2.45) is 0 Å². The van der Waals surface area contributed by atoms with Crippen molar-refractivity contribution in [3.63, 3.8) is 0 Å². The van der Waals surface area contributed by atoms with Gasteiger partial charge in [-0.05, 0) is 31.2 Å². The maximum atomic E-state index is 12.5. The van der Waals surface area contributed by atoms with Crippen molar-refractivity contribution < 1.29 is 17.9 Å². The Hall–Kier alpha value is -1.96. The molecule has 6 nitrogen and oxygen atoms in total. The highest BCUT2D eigenvalue weighted by molar-refractivity contribution is 7.92. The molecule has 1 atom stereocenters. The smallest absolute Gasteiger partial charge is 0.241 e. The third-order valence-corrected chi connectivity index (χ3v) is 5.51. The molecule has 0 fully saturated rings. The molecule has 2 aromatic carbocycles. The number of nitrogens with zero attached hydrogens (tertiary/aromatic N) is 1. The summed E-state index contributed by atoms with van der Waals surface area (Å²) in [4.78, 5) is 12.5. The molecule has 0 aliphatic rings. The molecule has 0 radical (unpaired) electrons. The number of amides is 1. The van der Waals surface area contributed by atoms with Crippen LogP contribution in [0, 0.1) is 0 Å². The Bertz CT molecular complexity index is 935. The van der Waals surface area contributed by atoms with Gasteiger partial charge in [-0.3, -0.25) is 9.10 Å². The topological polar surface area (TPSA) is 75.7 Å². The summed E-state index contributed by atoms with van der Waals surface area (Å²) in [5, 5.41) is 3.28. The Balaban J connectivity index is 2.22. The second-order valence-corrected chi connectivity index (χ2v) is 8.65. The fraction of sp³-hybridized carbons (Fsp3) is 0.278. The van der Waals surface area contributed by atoms with Gasteiger partial charge in [0.1, 0.15) is 12.3 Å². The summed E-state index contributed by atoms with van der Waals surface area (Å²) < 4.78 is 30.6. The SMILES string of the molecule is COc1ccccc1C(C)NC(=O)CN(c1ccc(Cl)cc1Cl)S(C)(=O)=O. The average molecular weight is 431 g/mol. The Labute approximate surface area is 169 Å². The average Bonchev–Trinajstić information content (AvgIpc) is 2.59. The first-order valence-corrected chi connectivity index (χ1v) is 10.6. The normalized spacial score (nSPS) is 12.3. The lowest BCUT2D eigenvalue weighted by molar-refractivity contribution is -0.120. The number of nitrogens with one attached hydrogen (secondary N) is 1.